The molecule has 1 aromatic rings. The summed E-state index contributed by atoms with van der Waals surface area (Å²) in [6.45, 7) is 3.17. The molecule has 1 aromatic carbocycles. The normalized spacial score (nSPS) is 18.3. The van der Waals surface area contributed by atoms with Crippen LogP contribution in [0, 0.1) is 11.8 Å². The minimum absolute atomic E-state index is 0.0306. The Bertz CT molecular complexity index is 744. The molecule has 1 N–H and O–H groups in total. The largest absolute Gasteiger partial charge is 0.481 e. The number of rotatable bonds is 9. The van der Waals surface area contributed by atoms with Crippen molar-refractivity contribution in [2.45, 2.75) is 32.1 Å². The van der Waals surface area contributed by atoms with Crippen molar-refractivity contribution in [1.82, 2.24) is 0 Å². The molecule has 1 saturated carbocycles. The highest BCUT2D eigenvalue weighted by Gasteiger charge is 2.30. The van der Waals surface area contributed by atoms with Gasteiger partial charge < -0.3 is 19.3 Å². The van der Waals surface area contributed by atoms with E-state index in [-0.39, 0.29) is 37.4 Å². The van der Waals surface area contributed by atoms with E-state index in [1.165, 1.54) is 0 Å². The van der Waals surface area contributed by atoms with Gasteiger partial charge in [-0.05, 0) is 43.4 Å². The molecule has 0 radical (unpaired) electrons. The Morgan fingerprint density at radius 3 is 2.14 bits per heavy atom. The van der Waals surface area contributed by atoms with Gasteiger partial charge in [-0.3, -0.25) is 14.4 Å². The molecule has 1 fully saturated rings. The highest BCUT2D eigenvalue weighted by Crippen LogP contribution is 2.30. The van der Waals surface area contributed by atoms with Gasteiger partial charge in [-0.15, -0.1) is 0 Å². The van der Waals surface area contributed by atoms with E-state index in [1.54, 1.807) is 24.3 Å². The molecule has 1 aliphatic carbocycles. The highest BCUT2D eigenvalue weighted by molar-refractivity contribution is 5.81. The van der Waals surface area contributed by atoms with E-state index in [4.69, 9.17) is 19.3 Å². The van der Waals surface area contributed by atoms with Gasteiger partial charge in [-0.2, -0.15) is 0 Å². The zero-order valence-electron chi connectivity index (χ0n) is 16.0. The third kappa shape index (κ3) is 7.40. The standard InChI is InChI=1S/C21H24O8/c1-2-18(22)27-11-12-28-19(23)13-14-3-9-17(10-4-14)29-21(26)16-7-5-15(6-8-16)20(24)25/h2-4,9-10,15-16H,1,5-8,11-13H2,(H,24,25). The highest BCUT2D eigenvalue weighted by atomic mass is 16.6. The summed E-state index contributed by atoms with van der Waals surface area (Å²) in [5.41, 5.74) is 0.680. The number of hydrogen-bond acceptors (Lipinski definition) is 7. The first-order valence-corrected chi connectivity index (χ1v) is 9.37. The number of ether oxygens (including phenoxy) is 3. The van der Waals surface area contributed by atoms with Crippen LogP contribution in [0.4, 0.5) is 0 Å². The molecule has 0 heterocycles. The Labute approximate surface area is 168 Å². The Morgan fingerprint density at radius 1 is 0.966 bits per heavy atom. The molecular formula is C21H24O8. The summed E-state index contributed by atoms with van der Waals surface area (Å²) >= 11 is 0. The molecule has 0 aliphatic heterocycles. The van der Waals surface area contributed by atoms with Crippen molar-refractivity contribution >= 4 is 23.9 Å². The first-order valence-electron chi connectivity index (χ1n) is 9.37. The minimum atomic E-state index is -0.816. The Kier molecular flexibility index (Phi) is 8.39. The lowest BCUT2D eigenvalue weighted by Gasteiger charge is -2.24. The van der Waals surface area contributed by atoms with Crippen molar-refractivity contribution in [1.29, 1.82) is 0 Å². The van der Waals surface area contributed by atoms with Crippen LogP contribution in [-0.2, 0) is 35.1 Å². The lowest BCUT2D eigenvalue weighted by molar-refractivity contribution is -0.149. The van der Waals surface area contributed by atoms with Crippen molar-refractivity contribution in [2.24, 2.45) is 11.8 Å². The van der Waals surface area contributed by atoms with Crippen LogP contribution in [0.25, 0.3) is 0 Å². The monoisotopic (exact) mass is 404 g/mol. The lowest BCUT2D eigenvalue weighted by atomic mass is 9.82. The summed E-state index contributed by atoms with van der Waals surface area (Å²) in [4.78, 5) is 45.8. The number of aliphatic carboxylic acids is 1. The minimum Gasteiger partial charge on any atom is -0.481 e. The van der Waals surface area contributed by atoms with Gasteiger partial charge in [0.25, 0.3) is 0 Å². The van der Waals surface area contributed by atoms with Gasteiger partial charge in [-0.25, -0.2) is 4.79 Å². The molecule has 0 spiro atoms. The van der Waals surface area contributed by atoms with E-state index >= 15 is 0 Å². The third-order valence-corrected chi connectivity index (χ3v) is 4.66. The zero-order chi connectivity index (χ0) is 21.2. The van der Waals surface area contributed by atoms with Gasteiger partial charge in [0.05, 0.1) is 18.3 Å². The maximum Gasteiger partial charge on any atom is 0.330 e. The van der Waals surface area contributed by atoms with E-state index in [9.17, 15) is 19.2 Å². The fraction of sp³-hybridized carbons (Fsp3) is 0.429. The van der Waals surface area contributed by atoms with Gasteiger partial charge in [0.15, 0.2) is 0 Å². The third-order valence-electron chi connectivity index (χ3n) is 4.66. The second-order valence-electron chi connectivity index (χ2n) is 6.72. The van der Waals surface area contributed by atoms with Crippen LogP contribution in [0.3, 0.4) is 0 Å². The summed E-state index contributed by atoms with van der Waals surface area (Å²) in [7, 11) is 0. The van der Waals surface area contributed by atoms with Crippen LogP contribution in [0.5, 0.6) is 5.75 Å². The molecule has 2 rings (SSSR count). The van der Waals surface area contributed by atoms with Crippen molar-refractivity contribution in [3.8, 4) is 5.75 Å². The van der Waals surface area contributed by atoms with Gasteiger partial charge in [0, 0.05) is 6.08 Å². The van der Waals surface area contributed by atoms with Gasteiger partial charge in [-0.1, -0.05) is 18.7 Å². The van der Waals surface area contributed by atoms with Crippen molar-refractivity contribution in [3.63, 3.8) is 0 Å². The molecular weight excluding hydrogens is 380 g/mol. The molecule has 29 heavy (non-hydrogen) atoms. The lowest BCUT2D eigenvalue weighted by Crippen LogP contribution is -2.28. The number of esters is 3. The Morgan fingerprint density at radius 2 is 1.55 bits per heavy atom. The van der Waals surface area contributed by atoms with Crippen LogP contribution in [0.2, 0.25) is 0 Å². The fourth-order valence-electron chi connectivity index (χ4n) is 3.03. The summed E-state index contributed by atoms with van der Waals surface area (Å²) < 4.78 is 15.0. The first-order chi connectivity index (χ1) is 13.9. The maximum atomic E-state index is 12.2. The second kappa shape index (κ2) is 11.0. The predicted molar refractivity (Wildman–Crippen MR) is 101 cm³/mol. The average molecular weight is 404 g/mol. The van der Waals surface area contributed by atoms with E-state index in [1.807, 2.05) is 0 Å². The molecule has 8 nitrogen and oxygen atoms in total. The van der Waals surface area contributed by atoms with Gasteiger partial charge in [0.1, 0.15) is 19.0 Å². The summed E-state index contributed by atoms with van der Waals surface area (Å²) in [6.07, 6.45) is 3.01. The number of hydrogen-bond donors (Lipinski definition) is 1. The summed E-state index contributed by atoms with van der Waals surface area (Å²) in [5, 5.41) is 9.01. The first kappa shape index (κ1) is 22.1. The quantitative estimate of drug-likeness (QED) is 0.288. The molecule has 156 valence electrons. The fourth-order valence-corrected chi connectivity index (χ4v) is 3.03. The number of carbonyl (C=O) groups is 4. The Hall–Kier alpha value is -3.16. The van der Waals surface area contributed by atoms with Crippen LogP contribution >= 0.6 is 0 Å². The molecule has 1 aliphatic rings. The molecule has 0 atom stereocenters. The van der Waals surface area contributed by atoms with E-state index in [0.717, 1.165) is 6.08 Å². The van der Waals surface area contributed by atoms with Crippen molar-refractivity contribution < 1.29 is 38.5 Å². The smallest absolute Gasteiger partial charge is 0.330 e. The van der Waals surface area contributed by atoms with Crippen molar-refractivity contribution in [2.75, 3.05) is 13.2 Å². The molecule has 0 unspecified atom stereocenters. The van der Waals surface area contributed by atoms with Crippen LogP contribution in [0.1, 0.15) is 31.2 Å². The van der Waals surface area contributed by atoms with E-state index in [0.29, 0.717) is 37.0 Å². The van der Waals surface area contributed by atoms with Crippen LogP contribution < -0.4 is 4.74 Å². The van der Waals surface area contributed by atoms with Gasteiger partial charge >= 0.3 is 23.9 Å². The summed E-state index contributed by atoms with van der Waals surface area (Å²) in [5.74, 6) is -2.55. The second-order valence-corrected chi connectivity index (χ2v) is 6.72. The maximum absolute atomic E-state index is 12.2. The van der Waals surface area contributed by atoms with Crippen molar-refractivity contribution in [3.05, 3.63) is 42.5 Å². The molecule has 0 bridgehead atoms. The van der Waals surface area contributed by atoms with Crippen LogP contribution in [-0.4, -0.2) is 42.2 Å². The Balaban J connectivity index is 1.73. The number of carboxylic acids is 1. The predicted octanol–water partition coefficient (Wildman–Crippen LogP) is 2.30. The van der Waals surface area contributed by atoms with Gasteiger partial charge in [0.2, 0.25) is 0 Å². The summed E-state index contributed by atoms with van der Waals surface area (Å²) in [6, 6.07) is 6.50. The SMILES string of the molecule is C=CC(=O)OCCOC(=O)Cc1ccc(OC(=O)C2CCC(C(=O)O)CC2)cc1. The zero-order valence-corrected chi connectivity index (χ0v) is 16.0. The average Bonchev–Trinajstić information content (AvgIpc) is 2.72. The molecule has 8 heteroatoms. The molecule has 0 aromatic heterocycles. The molecule has 0 amide bonds. The van der Waals surface area contributed by atoms with E-state index in [2.05, 4.69) is 6.58 Å². The number of carbonyl (C=O) groups excluding carboxylic acids is 3. The molecule has 0 saturated heterocycles. The van der Waals surface area contributed by atoms with E-state index < -0.39 is 17.9 Å². The number of carboxylic acid groups (broad SMARTS) is 1. The number of benzene rings is 1. The topological polar surface area (TPSA) is 116 Å². The van der Waals surface area contributed by atoms with Crippen LogP contribution in [0.15, 0.2) is 36.9 Å².